The van der Waals surface area contributed by atoms with Crippen molar-refractivity contribution in [2.45, 2.75) is 52.1 Å². The van der Waals surface area contributed by atoms with Gasteiger partial charge in [-0.25, -0.2) is 4.39 Å². The second-order valence-electron chi connectivity index (χ2n) is 5.49. The van der Waals surface area contributed by atoms with Crippen molar-refractivity contribution in [2.24, 2.45) is 5.41 Å². The predicted octanol–water partition coefficient (Wildman–Crippen LogP) is 2.90. The van der Waals surface area contributed by atoms with Gasteiger partial charge in [-0.2, -0.15) is 0 Å². The van der Waals surface area contributed by atoms with Crippen molar-refractivity contribution in [2.75, 3.05) is 13.1 Å². The molecule has 1 nitrogen and oxygen atoms in total. The molecule has 0 spiro atoms. The molecule has 0 aromatic rings. The summed E-state index contributed by atoms with van der Waals surface area (Å²) in [6.07, 6.45) is 3.42. The van der Waals surface area contributed by atoms with Crippen LogP contribution in [0.15, 0.2) is 0 Å². The van der Waals surface area contributed by atoms with E-state index in [-0.39, 0.29) is 5.41 Å². The Morgan fingerprint density at radius 1 is 1.38 bits per heavy atom. The van der Waals surface area contributed by atoms with E-state index in [1.165, 1.54) is 0 Å². The molecule has 0 aromatic carbocycles. The number of alkyl halides is 1. The second kappa shape index (κ2) is 3.95. The molecule has 1 unspecified atom stereocenters. The molecular formula is C11H22FN. The Labute approximate surface area is 81.1 Å². The first-order valence-electron chi connectivity index (χ1n) is 5.31. The largest absolute Gasteiger partial charge is 0.314 e. The molecule has 0 saturated carbocycles. The van der Waals surface area contributed by atoms with Crippen LogP contribution in [-0.4, -0.2) is 18.8 Å². The first-order valence-corrected chi connectivity index (χ1v) is 5.31. The van der Waals surface area contributed by atoms with Gasteiger partial charge in [-0.1, -0.05) is 20.8 Å². The van der Waals surface area contributed by atoms with Crippen LogP contribution in [0.25, 0.3) is 0 Å². The average molecular weight is 187 g/mol. The number of hydrogen-bond donors (Lipinski definition) is 1. The smallest absolute Gasteiger partial charge is 0.123 e. The molecule has 0 aromatic heterocycles. The lowest BCUT2D eigenvalue weighted by Crippen LogP contribution is -2.42. The molecule has 0 radical (unpaired) electrons. The molecule has 0 amide bonds. The summed E-state index contributed by atoms with van der Waals surface area (Å²) >= 11 is 0. The van der Waals surface area contributed by atoms with Crippen molar-refractivity contribution in [1.29, 1.82) is 0 Å². The maximum atomic E-state index is 14.0. The van der Waals surface area contributed by atoms with Gasteiger partial charge < -0.3 is 5.32 Å². The van der Waals surface area contributed by atoms with Crippen molar-refractivity contribution in [3.8, 4) is 0 Å². The Morgan fingerprint density at radius 2 is 2.08 bits per heavy atom. The second-order valence-corrected chi connectivity index (χ2v) is 5.49. The minimum atomic E-state index is -0.925. The fraction of sp³-hybridized carbons (Fsp3) is 1.00. The Kier molecular flexibility index (Phi) is 3.33. The summed E-state index contributed by atoms with van der Waals surface area (Å²) in [5, 5.41) is 3.14. The number of piperidine rings is 1. The number of halogens is 1. The molecule has 1 saturated heterocycles. The molecule has 1 aliphatic heterocycles. The van der Waals surface area contributed by atoms with Gasteiger partial charge in [0, 0.05) is 6.54 Å². The van der Waals surface area contributed by atoms with Gasteiger partial charge >= 0.3 is 0 Å². The van der Waals surface area contributed by atoms with Crippen molar-refractivity contribution in [3.05, 3.63) is 0 Å². The first kappa shape index (κ1) is 11.0. The molecule has 1 atom stereocenters. The molecule has 1 heterocycles. The summed E-state index contributed by atoms with van der Waals surface area (Å²) in [4.78, 5) is 0. The lowest BCUT2D eigenvalue weighted by Gasteiger charge is -2.32. The Morgan fingerprint density at radius 3 is 2.54 bits per heavy atom. The van der Waals surface area contributed by atoms with Gasteiger partial charge in [-0.05, 0) is 37.6 Å². The molecule has 0 bridgehead atoms. The molecule has 2 heteroatoms. The standard InChI is InChI=1S/C11H22FN/c1-10(2,3)6-7-11(12)5-4-8-13-9-11/h13H,4-9H2,1-3H3. The topological polar surface area (TPSA) is 12.0 Å². The lowest BCUT2D eigenvalue weighted by atomic mass is 9.83. The minimum absolute atomic E-state index is 0.260. The average Bonchev–Trinajstić information content (AvgIpc) is 2.02. The quantitative estimate of drug-likeness (QED) is 0.701. The van der Waals surface area contributed by atoms with E-state index in [4.69, 9.17) is 0 Å². The summed E-state index contributed by atoms with van der Waals surface area (Å²) in [6.45, 7) is 8.07. The molecule has 1 N–H and O–H groups in total. The van der Waals surface area contributed by atoms with Crippen LogP contribution >= 0.6 is 0 Å². The summed E-state index contributed by atoms with van der Waals surface area (Å²) in [6, 6.07) is 0. The molecule has 78 valence electrons. The molecule has 13 heavy (non-hydrogen) atoms. The highest BCUT2D eigenvalue weighted by molar-refractivity contribution is 4.86. The Hall–Kier alpha value is -0.110. The van der Waals surface area contributed by atoms with E-state index in [1.54, 1.807) is 0 Å². The van der Waals surface area contributed by atoms with Crippen LogP contribution in [0.1, 0.15) is 46.5 Å². The summed E-state index contributed by atoms with van der Waals surface area (Å²) in [7, 11) is 0. The molecule has 1 aliphatic rings. The Balaban J connectivity index is 2.33. The highest BCUT2D eigenvalue weighted by atomic mass is 19.1. The monoisotopic (exact) mass is 187 g/mol. The SMILES string of the molecule is CC(C)(C)CCC1(F)CCCNC1. The van der Waals surface area contributed by atoms with Crippen LogP contribution in [0.4, 0.5) is 4.39 Å². The normalized spacial score (nSPS) is 30.5. The fourth-order valence-electron chi connectivity index (χ4n) is 1.74. The molecule has 1 fully saturated rings. The highest BCUT2D eigenvalue weighted by Crippen LogP contribution is 2.31. The minimum Gasteiger partial charge on any atom is -0.314 e. The lowest BCUT2D eigenvalue weighted by molar-refractivity contribution is 0.0947. The first-order chi connectivity index (χ1) is 5.91. The number of hydrogen-bond acceptors (Lipinski definition) is 1. The molecular weight excluding hydrogens is 165 g/mol. The van der Waals surface area contributed by atoms with Gasteiger partial charge in [-0.15, -0.1) is 0 Å². The Bertz CT molecular complexity index is 154. The zero-order valence-corrected chi connectivity index (χ0v) is 9.12. The van der Waals surface area contributed by atoms with E-state index in [2.05, 4.69) is 26.1 Å². The van der Waals surface area contributed by atoms with E-state index in [0.29, 0.717) is 13.0 Å². The van der Waals surface area contributed by atoms with Gasteiger partial charge in [0.15, 0.2) is 0 Å². The van der Waals surface area contributed by atoms with E-state index in [9.17, 15) is 4.39 Å². The third-order valence-corrected chi connectivity index (χ3v) is 2.74. The van der Waals surface area contributed by atoms with Crippen molar-refractivity contribution < 1.29 is 4.39 Å². The van der Waals surface area contributed by atoms with E-state index >= 15 is 0 Å². The van der Waals surface area contributed by atoms with Gasteiger partial charge in [0.1, 0.15) is 5.67 Å². The van der Waals surface area contributed by atoms with Gasteiger partial charge in [0.25, 0.3) is 0 Å². The predicted molar refractivity (Wildman–Crippen MR) is 54.6 cm³/mol. The van der Waals surface area contributed by atoms with Crippen LogP contribution in [0.2, 0.25) is 0 Å². The van der Waals surface area contributed by atoms with E-state index < -0.39 is 5.67 Å². The third kappa shape index (κ3) is 4.08. The number of rotatable bonds is 2. The zero-order valence-electron chi connectivity index (χ0n) is 9.12. The summed E-state index contributed by atoms with van der Waals surface area (Å²) in [5.41, 5.74) is -0.665. The maximum absolute atomic E-state index is 14.0. The van der Waals surface area contributed by atoms with Crippen LogP contribution < -0.4 is 5.32 Å². The van der Waals surface area contributed by atoms with Gasteiger partial charge in [0.2, 0.25) is 0 Å². The van der Waals surface area contributed by atoms with Crippen LogP contribution in [0, 0.1) is 5.41 Å². The molecule has 1 rings (SSSR count). The van der Waals surface area contributed by atoms with Gasteiger partial charge in [-0.3, -0.25) is 0 Å². The fourth-order valence-corrected chi connectivity index (χ4v) is 1.74. The van der Waals surface area contributed by atoms with Crippen LogP contribution in [0.5, 0.6) is 0 Å². The summed E-state index contributed by atoms with van der Waals surface area (Å²) in [5.74, 6) is 0. The molecule has 0 aliphatic carbocycles. The van der Waals surface area contributed by atoms with E-state index in [0.717, 1.165) is 25.8 Å². The van der Waals surface area contributed by atoms with Gasteiger partial charge in [0.05, 0.1) is 0 Å². The van der Waals surface area contributed by atoms with Crippen LogP contribution in [0.3, 0.4) is 0 Å². The highest BCUT2D eigenvalue weighted by Gasteiger charge is 2.32. The van der Waals surface area contributed by atoms with E-state index in [1.807, 2.05) is 0 Å². The van der Waals surface area contributed by atoms with Crippen molar-refractivity contribution in [1.82, 2.24) is 5.32 Å². The summed E-state index contributed by atoms with van der Waals surface area (Å²) < 4.78 is 14.0. The third-order valence-electron chi connectivity index (χ3n) is 2.74. The maximum Gasteiger partial charge on any atom is 0.123 e. The van der Waals surface area contributed by atoms with Crippen molar-refractivity contribution in [3.63, 3.8) is 0 Å². The van der Waals surface area contributed by atoms with Crippen LogP contribution in [-0.2, 0) is 0 Å². The number of nitrogens with one attached hydrogen (secondary N) is 1. The zero-order chi connectivity index (χ0) is 9.95. The van der Waals surface area contributed by atoms with Crippen molar-refractivity contribution >= 4 is 0 Å².